The van der Waals surface area contributed by atoms with Crippen LogP contribution in [0.5, 0.6) is 0 Å². The molecule has 1 aliphatic rings. The summed E-state index contributed by atoms with van der Waals surface area (Å²) in [5, 5.41) is 0. The van der Waals surface area contributed by atoms with Gasteiger partial charge in [-0.1, -0.05) is 38.5 Å². The lowest BCUT2D eigenvalue weighted by Crippen LogP contribution is -2.16. The first-order valence-corrected chi connectivity index (χ1v) is 6.38. The molecule has 2 rings (SSSR count). The normalized spacial score (nSPS) is 20.3. The van der Waals surface area contributed by atoms with Gasteiger partial charge in [0.1, 0.15) is 0 Å². The van der Waals surface area contributed by atoms with Gasteiger partial charge in [0.15, 0.2) is 0 Å². The second-order valence-corrected chi connectivity index (χ2v) is 4.83. The molecule has 1 aromatic rings. The molecule has 0 spiro atoms. The highest BCUT2D eigenvalue weighted by Crippen LogP contribution is 2.29. The van der Waals surface area contributed by atoms with E-state index < -0.39 is 0 Å². The van der Waals surface area contributed by atoms with Gasteiger partial charge in [0, 0.05) is 24.6 Å². The van der Waals surface area contributed by atoms with Gasteiger partial charge in [0.2, 0.25) is 0 Å². The molecule has 0 radical (unpaired) electrons. The third-order valence-corrected chi connectivity index (χ3v) is 3.53. The minimum Gasteiger partial charge on any atom is -0.323 e. The molecule has 0 saturated heterocycles. The SMILES string of the molecule is NC(CC1CCCCCC1)c1cnccn1. The van der Waals surface area contributed by atoms with Crippen molar-refractivity contribution in [1.82, 2.24) is 9.97 Å². The van der Waals surface area contributed by atoms with Gasteiger partial charge in [0.25, 0.3) is 0 Å². The molecule has 0 aromatic carbocycles. The van der Waals surface area contributed by atoms with Gasteiger partial charge in [-0.3, -0.25) is 9.97 Å². The molecule has 3 heteroatoms. The zero-order valence-corrected chi connectivity index (χ0v) is 9.81. The summed E-state index contributed by atoms with van der Waals surface area (Å²) in [6.45, 7) is 0. The highest BCUT2D eigenvalue weighted by Gasteiger charge is 2.17. The Morgan fingerprint density at radius 2 is 1.94 bits per heavy atom. The zero-order valence-electron chi connectivity index (χ0n) is 9.81. The van der Waals surface area contributed by atoms with Crippen LogP contribution in [0, 0.1) is 5.92 Å². The molecule has 0 bridgehead atoms. The molecule has 1 aliphatic carbocycles. The van der Waals surface area contributed by atoms with E-state index in [2.05, 4.69) is 9.97 Å². The van der Waals surface area contributed by atoms with Crippen molar-refractivity contribution in [3.8, 4) is 0 Å². The molecular formula is C13H21N3. The van der Waals surface area contributed by atoms with Crippen molar-refractivity contribution in [2.75, 3.05) is 0 Å². The Morgan fingerprint density at radius 1 is 1.19 bits per heavy atom. The van der Waals surface area contributed by atoms with Crippen LogP contribution in [-0.2, 0) is 0 Å². The Bertz CT molecular complexity index is 291. The smallest absolute Gasteiger partial charge is 0.0753 e. The van der Waals surface area contributed by atoms with E-state index in [1.54, 1.807) is 18.6 Å². The fourth-order valence-corrected chi connectivity index (χ4v) is 2.58. The van der Waals surface area contributed by atoms with Crippen molar-refractivity contribution in [2.45, 2.75) is 51.0 Å². The highest BCUT2D eigenvalue weighted by atomic mass is 14.8. The Balaban J connectivity index is 1.88. The van der Waals surface area contributed by atoms with Crippen molar-refractivity contribution in [2.24, 2.45) is 11.7 Å². The van der Waals surface area contributed by atoms with Crippen molar-refractivity contribution < 1.29 is 0 Å². The second kappa shape index (κ2) is 5.94. The fourth-order valence-electron chi connectivity index (χ4n) is 2.58. The summed E-state index contributed by atoms with van der Waals surface area (Å²) in [6.07, 6.45) is 14.5. The fraction of sp³-hybridized carbons (Fsp3) is 0.692. The molecule has 1 unspecified atom stereocenters. The maximum Gasteiger partial charge on any atom is 0.0753 e. The van der Waals surface area contributed by atoms with Crippen LogP contribution in [-0.4, -0.2) is 9.97 Å². The summed E-state index contributed by atoms with van der Waals surface area (Å²) >= 11 is 0. The lowest BCUT2D eigenvalue weighted by Gasteiger charge is -2.18. The summed E-state index contributed by atoms with van der Waals surface area (Å²) in [5.41, 5.74) is 7.11. The monoisotopic (exact) mass is 219 g/mol. The lowest BCUT2D eigenvalue weighted by atomic mass is 9.92. The maximum absolute atomic E-state index is 6.17. The topological polar surface area (TPSA) is 51.8 Å². The quantitative estimate of drug-likeness (QED) is 0.795. The van der Waals surface area contributed by atoms with E-state index >= 15 is 0 Å². The summed E-state index contributed by atoms with van der Waals surface area (Å²) in [6, 6.07) is 0.0665. The summed E-state index contributed by atoms with van der Waals surface area (Å²) in [4.78, 5) is 8.35. The Hall–Kier alpha value is -0.960. The Morgan fingerprint density at radius 3 is 2.56 bits per heavy atom. The van der Waals surface area contributed by atoms with Crippen molar-refractivity contribution in [3.63, 3.8) is 0 Å². The van der Waals surface area contributed by atoms with Crippen LogP contribution in [0.4, 0.5) is 0 Å². The standard InChI is InChI=1S/C13H21N3/c14-12(13-10-15-7-8-16-13)9-11-5-3-1-2-4-6-11/h7-8,10-12H,1-6,9,14H2. The van der Waals surface area contributed by atoms with Crippen LogP contribution in [0.15, 0.2) is 18.6 Å². The molecular weight excluding hydrogens is 198 g/mol. The first kappa shape index (κ1) is 11.5. The summed E-state index contributed by atoms with van der Waals surface area (Å²) in [5.74, 6) is 0.791. The molecule has 16 heavy (non-hydrogen) atoms. The number of nitrogens with two attached hydrogens (primary N) is 1. The van der Waals surface area contributed by atoms with E-state index in [4.69, 9.17) is 5.73 Å². The van der Waals surface area contributed by atoms with Gasteiger partial charge in [-0.2, -0.15) is 0 Å². The van der Waals surface area contributed by atoms with Gasteiger partial charge in [-0.25, -0.2) is 0 Å². The average Bonchev–Trinajstić information content (AvgIpc) is 2.59. The van der Waals surface area contributed by atoms with Crippen LogP contribution in [0.2, 0.25) is 0 Å². The van der Waals surface area contributed by atoms with Crippen LogP contribution >= 0.6 is 0 Å². The van der Waals surface area contributed by atoms with Gasteiger partial charge in [-0.15, -0.1) is 0 Å². The summed E-state index contributed by atoms with van der Waals surface area (Å²) in [7, 11) is 0. The van der Waals surface area contributed by atoms with Crippen LogP contribution < -0.4 is 5.73 Å². The van der Waals surface area contributed by atoms with E-state index in [1.807, 2.05) is 0 Å². The van der Waals surface area contributed by atoms with Crippen molar-refractivity contribution in [1.29, 1.82) is 0 Å². The van der Waals surface area contributed by atoms with Crippen LogP contribution in [0.3, 0.4) is 0 Å². The van der Waals surface area contributed by atoms with Crippen LogP contribution in [0.1, 0.15) is 56.7 Å². The third kappa shape index (κ3) is 3.27. The number of hydrogen-bond acceptors (Lipinski definition) is 3. The lowest BCUT2D eigenvalue weighted by molar-refractivity contribution is 0.389. The Kier molecular flexibility index (Phi) is 4.28. The molecule has 1 saturated carbocycles. The molecule has 0 amide bonds. The zero-order chi connectivity index (χ0) is 11.2. The van der Waals surface area contributed by atoms with Gasteiger partial charge in [0.05, 0.1) is 5.69 Å². The number of rotatable bonds is 3. The predicted molar refractivity (Wildman–Crippen MR) is 64.8 cm³/mol. The molecule has 1 fully saturated rings. The van der Waals surface area contributed by atoms with E-state index in [9.17, 15) is 0 Å². The molecule has 2 N–H and O–H groups in total. The minimum atomic E-state index is 0.0665. The van der Waals surface area contributed by atoms with E-state index in [1.165, 1.54) is 38.5 Å². The number of aromatic nitrogens is 2. The van der Waals surface area contributed by atoms with Gasteiger partial charge in [-0.05, 0) is 12.3 Å². The van der Waals surface area contributed by atoms with E-state index in [0.29, 0.717) is 0 Å². The number of nitrogens with zero attached hydrogens (tertiary/aromatic N) is 2. The predicted octanol–water partition coefficient (Wildman–Crippen LogP) is 2.84. The molecule has 0 aliphatic heterocycles. The highest BCUT2D eigenvalue weighted by molar-refractivity contribution is 5.01. The maximum atomic E-state index is 6.17. The molecule has 1 aromatic heterocycles. The van der Waals surface area contributed by atoms with Crippen LogP contribution in [0.25, 0.3) is 0 Å². The summed E-state index contributed by atoms with van der Waals surface area (Å²) < 4.78 is 0. The van der Waals surface area contributed by atoms with E-state index in [0.717, 1.165) is 18.0 Å². The van der Waals surface area contributed by atoms with Gasteiger partial charge >= 0.3 is 0 Å². The van der Waals surface area contributed by atoms with Gasteiger partial charge < -0.3 is 5.73 Å². The first-order valence-electron chi connectivity index (χ1n) is 6.38. The average molecular weight is 219 g/mol. The van der Waals surface area contributed by atoms with Crippen molar-refractivity contribution in [3.05, 3.63) is 24.3 Å². The van der Waals surface area contributed by atoms with Crippen molar-refractivity contribution >= 4 is 0 Å². The number of hydrogen-bond donors (Lipinski definition) is 1. The second-order valence-electron chi connectivity index (χ2n) is 4.83. The Labute approximate surface area is 97.5 Å². The molecule has 88 valence electrons. The van der Waals surface area contributed by atoms with E-state index in [-0.39, 0.29) is 6.04 Å². The largest absolute Gasteiger partial charge is 0.323 e. The molecule has 3 nitrogen and oxygen atoms in total. The molecule has 1 atom stereocenters. The minimum absolute atomic E-state index is 0.0665. The first-order chi connectivity index (χ1) is 7.86. The third-order valence-electron chi connectivity index (χ3n) is 3.53. The molecule has 1 heterocycles.